The fourth-order valence-corrected chi connectivity index (χ4v) is 3.37. The molecule has 1 aliphatic heterocycles. The number of hydrogen-bond donors (Lipinski definition) is 1. The van der Waals surface area contributed by atoms with Gasteiger partial charge in [0.05, 0.1) is 15.7 Å². The van der Waals surface area contributed by atoms with E-state index in [-0.39, 0.29) is 26.5 Å². The first-order valence-electron chi connectivity index (χ1n) is 8.52. The van der Waals surface area contributed by atoms with E-state index in [9.17, 15) is 9.59 Å². The van der Waals surface area contributed by atoms with Crippen LogP contribution in [0.1, 0.15) is 25.3 Å². The monoisotopic (exact) mass is 422 g/mol. The standard InChI is InChI=1S/C20H17Cl3N2O2/c1-2-3-5-12-8-10-13(11-9-12)24-18-17(23)19(26)25(20(18)27)15-7-4-6-14(21)16(15)22/h4,6-11,24H,2-3,5H2,1H3. The van der Waals surface area contributed by atoms with Gasteiger partial charge in [-0.05, 0) is 42.7 Å². The van der Waals surface area contributed by atoms with Crippen LogP contribution in [0.4, 0.5) is 11.4 Å². The quantitative estimate of drug-likeness (QED) is 0.600. The van der Waals surface area contributed by atoms with Crippen LogP contribution in [-0.2, 0) is 16.0 Å². The maximum absolute atomic E-state index is 12.8. The molecule has 0 radical (unpaired) electrons. The van der Waals surface area contributed by atoms with Crippen LogP contribution in [0.5, 0.6) is 0 Å². The molecule has 7 heteroatoms. The summed E-state index contributed by atoms with van der Waals surface area (Å²) >= 11 is 18.3. The number of amides is 2. The van der Waals surface area contributed by atoms with E-state index in [1.165, 1.54) is 5.56 Å². The molecule has 140 valence electrons. The summed E-state index contributed by atoms with van der Waals surface area (Å²) in [6.07, 6.45) is 3.24. The minimum atomic E-state index is -0.645. The summed E-state index contributed by atoms with van der Waals surface area (Å²) in [7, 11) is 0. The van der Waals surface area contributed by atoms with E-state index >= 15 is 0 Å². The van der Waals surface area contributed by atoms with E-state index in [0.717, 1.165) is 24.2 Å². The van der Waals surface area contributed by atoms with Gasteiger partial charge >= 0.3 is 0 Å². The van der Waals surface area contributed by atoms with Gasteiger partial charge in [0.1, 0.15) is 10.7 Å². The van der Waals surface area contributed by atoms with Crippen LogP contribution in [0.2, 0.25) is 10.0 Å². The minimum Gasteiger partial charge on any atom is -0.350 e. The molecule has 0 aromatic heterocycles. The van der Waals surface area contributed by atoms with E-state index in [1.54, 1.807) is 18.2 Å². The molecule has 3 rings (SSSR count). The number of carbonyl (C=O) groups excluding carboxylic acids is 2. The second-order valence-electron chi connectivity index (χ2n) is 6.13. The molecule has 0 bridgehead atoms. The molecular weight excluding hydrogens is 407 g/mol. The summed E-state index contributed by atoms with van der Waals surface area (Å²) in [6, 6.07) is 12.4. The van der Waals surface area contributed by atoms with Gasteiger partial charge in [0.15, 0.2) is 0 Å². The smallest absolute Gasteiger partial charge is 0.283 e. The fraction of sp³-hybridized carbons (Fsp3) is 0.200. The predicted octanol–water partition coefficient (Wildman–Crippen LogP) is 5.77. The van der Waals surface area contributed by atoms with Crippen molar-refractivity contribution in [1.82, 2.24) is 0 Å². The molecule has 0 spiro atoms. The summed E-state index contributed by atoms with van der Waals surface area (Å²) < 4.78 is 0. The van der Waals surface area contributed by atoms with Crippen molar-refractivity contribution >= 4 is 58.0 Å². The number of hydrogen-bond acceptors (Lipinski definition) is 3. The molecule has 0 saturated carbocycles. The first-order valence-corrected chi connectivity index (χ1v) is 9.66. The molecule has 1 aliphatic rings. The fourth-order valence-electron chi connectivity index (χ4n) is 2.78. The molecule has 4 nitrogen and oxygen atoms in total. The highest BCUT2D eigenvalue weighted by Crippen LogP contribution is 2.37. The highest BCUT2D eigenvalue weighted by Gasteiger charge is 2.40. The molecule has 0 unspecified atom stereocenters. The number of benzene rings is 2. The third-order valence-electron chi connectivity index (χ3n) is 4.24. The summed E-state index contributed by atoms with van der Waals surface area (Å²) in [5.41, 5.74) is 2.09. The molecule has 2 aromatic rings. The van der Waals surface area contributed by atoms with E-state index in [2.05, 4.69) is 12.2 Å². The summed E-state index contributed by atoms with van der Waals surface area (Å²) in [6.45, 7) is 2.14. The SMILES string of the molecule is CCCCc1ccc(NC2=C(Cl)C(=O)N(c3cccc(Cl)c3Cl)C2=O)cc1. The lowest BCUT2D eigenvalue weighted by Gasteiger charge is -2.17. The van der Waals surface area contributed by atoms with Gasteiger partial charge in [-0.15, -0.1) is 0 Å². The van der Waals surface area contributed by atoms with Crippen molar-refractivity contribution in [1.29, 1.82) is 0 Å². The summed E-state index contributed by atoms with van der Waals surface area (Å²) in [5, 5.41) is 3.12. The molecule has 0 fully saturated rings. The predicted molar refractivity (Wildman–Crippen MR) is 111 cm³/mol. The molecule has 0 atom stereocenters. The Hall–Kier alpha value is -2.01. The van der Waals surface area contributed by atoms with Crippen molar-refractivity contribution in [2.45, 2.75) is 26.2 Å². The van der Waals surface area contributed by atoms with Crippen LogP contribution in [0.15, 0.2) is 53.2 Å². The third-order valence-corrected chi connectivity index (χ3v) is 5.40. The van der Waals surface area contributed by atoms with Crippen molar-refractivity contribution in [3.8, 4) is 0 Å². The Bertz CT molecular complexity index is 923. The van der Waals surface area contributed by atoms with E-state index < -0.39 is 11.8 Å². The lowest BCUT2D eigenvalue weighted by molar-refractivity contribution is -0.120. The Balaban J connectivity index is 1.83. The van der Waals surface area contributed by atoms with Gasteiger partial charge in [-0.2, -0.15) is 0 Å². The summed E-state index contributed by atoms with van der Waals surface area (Å²) in [5.74, 6) is -1.22. The Kier molecular flexibility index (Phi) is 6.10. The molecule has 27 heavy (non-hydrogen) atoms. The van der Waals surface area contributed by atoms with Crippen LogP contribution >= 0.6 is 34.8 Å². The molecule has 0 aliphatic carbocycles. The topological polar surface area (TPSA) is 49.4 Å². The second kappa shape index (κ2) is 8.34. The number of aryl methyl sites for hydroxylation is 1. The summed E-state index contributed by atoms with van der Waals surface area (Å²) in [4.78, 5) is 26.3. The number of nitrogens with one attached hydrogen (secondary N) is 1. The van der Waals surface area contributed by atoms with Crippen molar-refractivity contribution in [2.75, 3.05) is 10.2 Å². The zero-order chi connectivity index (χ0) is 19.6. The number of rotatable bonds is 6. The van der Waals surface area contributed by atoms with Crippen LogP contribution in [0.3, 0.4) is 0 Å². The van der Waals surface area contributed by atoms with Crippen LogP contribution in [0.25, 0.3) is 0 Å². The first-order chi connectivity index (χ1) is 12.9. The van der Waals surface area contributed by atoms with Crippen molar-refractivity contribution in [3.05, 3.63) is 68.8 Å². The van der Waals surface area contributed by atoms with E-state index in [1.807, 2.05) is 24.3 Å². The van der Waals surface area contributed by atoms with Crippen molar-refractivity contribution < 1.29 is 9.59 Å². The number of nitrogens with zero attached hydrogens (tertiary/aromatic N) is 1. The van der Waals surface area contributed by atoms with Crippen molar-refractivity contribution in [2.24, 2.45) is 0 Å². The molecule has 0 saturated heterocycles. The minimum absolute atomic E-state index is 0.0130. The van der Waals surface area contributed by atoms with Crippen LogP contribution in [0, 0.1) is 0 Å². The number of imide groups is 1. The molecule has 1 heterocycles. The Morgan fingerprint density at radius 3 is 2.33 bits per heavy atom. The van der Waals surface area contributed by atoms with Gasteiger partial charge in [-0.3, -0.25) is 9.59 Å². The van der Waals surface area contributed by atoms with Gasteiger partial charge in [0, 0.05) is 5.69 Å². The van der Waals surface area contributed by atoms with Crippen molar-refractivity contribution in [3.63, 3.8) is 0 Å². The van der Waals surface area contributed by atoms with E-state index in [4.69, 9.17) is 34.8 Å². The Morgan fingerprint density at radius 2 is 1.67 bits per heavy atom. The normalized spacial score (nSPS) is 14.3. The van der Waals surface area contributed by atoms with Crippen LogP contribution in [-0.4, -0.2) is 11.8 Å². The third kappa shape index (κ3) is 3.98. The largest absolute Gasteiger partial charge is 0.350 e. The highest BCUT2D eigenvalue weighted by molar-refractivity contribution is 6.54. The zero-order valence-corrected chi connectivity index (χ0v) is 16.8. The molecule has 2 aromatic carbocycles. The average molecular weight is 424 g/mol. The average Bonchev–Trinajstić information content (AvgIpc) is 2.87. The molecule has 2 amide bonds. The van der Waals surface area contributed by atoms with Gasteiger partial charge in [-0.1, -0.05) is 66.3 Å². The number of unbranched alkanes of at least 4 members (excludes halogenated alkanes) is 1. The molecular formula is C20H17Cl3N2O2. The zero-order valence-electron chi connectivity index (χ0n) is 14.6. The number of halogens is 3. The highest BCUT2D eigenvalue weighted by atomic mass is 35.5. The van der Waals surface area contributed by atoms with E-state index in [0.29, 0.717) is 5.69 Å². The van der Waals surface area contributed by atoms with Crippen LogP contribution < -0.4 is 10.2 Å². The Morgan fingerprint density at radius 1 is 0.963 bits per heavy atom. The van der Waals surface area contributed by atoms with Gasteiger partial charge in [0.25, 0.3) is 11.8 Å². The second-order valence-corrected chi connectivity index (χ2v) is 7.30. The van der Waals surface area contributed by atoms with Gasteiger partial charge in [0.2, 0.25) is 0 Å². The lowest BCUT2D eigenvalue weighted by atomic mass is 10.1. The maximum Gasteiger partial charge on any atom is 0.283 e. The van der Waals surface area contributed by atoms with Gasteiger partial charge < -0.3 is 5.32 Å². The maximum atomic E-state index is 12.8. The number of anilines is 2. The Labute approximate surface area is 172 Å². The number of carbonyl (C=O) groups is 2. The lowest BCUT2D eigenvalue weighted by Crippen LogP contribution is -2.32. The van der Waals surface area contributed by atoms with Gasteiger partial charge in [-0.25, -0.2) is 4.90 Å². The molecule has 1 N–H and O–H groups in total. The first kappa shape index (κ1) is 19.7.